The van der Waals surface area contributed by atoms with Crippen molar-refractivity contribution < 1.29 is 17.9 Å². The van der Waals surface area contributed by atoms with E-state index < -0.39 is 11.7 Å². The van der Waals surface area contributed by atoms with E-state index in [0.29, 0.717) is 0 Å². The van der Waals surface area contributed by atoms with Gasteiger partial charge in [0.1, 0.15) is 0 Å². The van der Waals surface area contributed by atoms with E-state index in [1.165, 1.54) is 12.1 Å². The van der Waals surface area contributed by atoms with E-state index in [9.17, 15) is 13.2 Å². The highest BCUT2D eigenvalue weighted by atomic mass is 19.4. The SMILES string of the molecule is CCOC=C(c1cccc(C)c1)C(F)(F)F. The van der Waals surface area contributed by atoms with Gasteiger partial charge in [-0.2, -0.15) is 13.2 Å². The van der Waals surface area contributed by atoms with Crippen molar-refractivity contribution >= 4 is 5.57 Å². The van der Waals surface area contributed by atoms with Crippen molar-refractivity contribution in [1.82, 2.24) is 0 Å². The molecule has 4 heteroatoms. The number of benzene rings is 1. The number of hydrogen-bond acceptors (Lipinski definition) is 1. The molecule has 0 aromatic heterocycles. The first-order valence-corrected chi connectivity index (χ1v) is 4.91. The Morgan fingerprint density at radius 2 is 2.06 bits per heavy atom. The van der Waals surface area contributed by atoms with Gasteiger partial charge in [0.2, 0.25) is 0 Å². The molecule has 1 aromatic rings. The molecule has 0 aliphatic carbocycles. The molecule has 0 saturated carbocycles. The molecular weight excluding hydrogens is 217 g/mol. The molecule has 1 nitrogen and oxygen atoms in total. The van der Waals surface area contributed by atoms with E-state index in [1.807, 2.05) is 0 Å². The van der Waals surface area contributed by atoms with E-state index in [-0.39, 0.29) is 12.2 Å². The normalized spacial score (nSPS) is 12.7. The predicted octanol–water partition coefficient (Wildman–Crippen LogP) is 3.93. The number of halogens is 3. The summed E-state index contributed by atoms with van der Waals surface area (Å²) < 4.78 is 42.9. The van der Waals surface area contributed by atoms with Gasteiger partial charge in [0.25, 0.3) is 0 Å². The number of hydrogen-bond donors (Lipinski definition) is 0. The van der Waals surface area contributed by atoms with E-state index in [1.54, 1.807) is 26.0 Å². The first-order chi connectivity index (χ1) is 7.45. The summed E-state index contributed by atoms with van der Waals surface area (Å²) in [5, 5.41) is 0. The highest BCUT2D eigenvalue weighted by Crippen LogP contribution is 2.34. The summed E-state index contributed by atoms with van der Waals surface area (Å²) in [7, 11) is 0. The average Bonchev–Trinajstić information content (AvgIpc) is 2.16. The predicted molar refractivity (Wildman–Crippen MR) is 56.8 cm³/mol. The third kappa shape index (κ3) is 3.29. The van der Waals surface area contributed by atoms with Gasteiger partial charge >= 0.3 is 6.18 Å². The third-order valence-electron chi connectivity index (χ3n) is 2.00. The van der Waals surface area contributed by atoms with Crippen molar-refractivity contribution in [3.63, 3.8) is 0 Å². The lowest BCUT2D eigenvalue weighted by atomic mass is 10.0. The highest BCUT2D eigenvalue weighted by Gasteiger charge is 2.35. The van der Waals surface area contributed by atoms with Gasteiger partial charge in [0, 0.05) is 0 Å². The second-order valence-corrected chi connectivity index (χ2v) is 3.35. The van der Waals surface area contributed by atoms with Gasteiger partial charge in [-0.1, -0.05) is 29.8 Å². The summed E-state index contributed by atoms with van der Waals surface area (Å²) in [6.45, 7) is 3.60. The smallest absolute Gasteiger partial charge is 0.419 e. The number of ether oxygens (including phenoxy) is 1. The van der Waals surface area contributed by atoms with Crippen LogP contribution in [0.3, 0.4) is 0 Å². The second kappa shape index (κ2) is 5.05. The van der Waals surface area contributed by atoms with Gasteiger partial charge < -0.3 is 4.74 Å². The van der Waals surface area contributed by atoms with Gasteiger partial charge in [-0.05, 0) is 19.4 Å². The second-order valence-electron chi connectivity index (χ2n) is 3.35. The maximum Gasteiger partial charge on any atom is 0.419 e. The Hall–Kier alpha value is -1.45. The van der Waals surface area contributed by atoms with Crippen molar-refractivity contribution in [3.05, 3.63) is 41.7 Å². The Labute approximate surface area is 92.5 Å². The Morgan fingerprint density at radius 3 is 2.56 bits per heavy atom. The zero-order valence-corrected chi connectivity index (χ0v) is 9.14. The first kappa shape index (κ1) is 12.6. The van der Waals surface area contributed by atoms with E-state index in [0.717, 1.165) is 11.8 Å². The lowest BCUT2D eigenvalue weighted by molar-refractivity contribution is -0.0703. The van der Waals surface area contributed by atoms with Crippen LogP contribution >= 0.6 is 0 Å². The number of rotatable bonds is 3. The Morgan fingerprint density at radius 1 is 1.38 bits per heavy atom. The van der Waals surface area contributed by atoms with Crippen LogP contribution in [0, 0.1) is 6.92 Å². The molecule has 0 aliphatic rings. The van der Waals surface area contributed by atoms with Crippen molar-refractivity contribution in [2.75, 3.05) is 6.61 Å². The number of aryl methyl sites for hydroxylation is 1. The largest absolute Gasteiger partial charge is 0.501 e. The van der Waals surface area contributed by atoms with Gasteiger partial charge in [-0.3, -0.25) is 0 Å². The van der Waals surface area contributed by atoms with Crippen LogP contribution in [0.5, 0.6) is 0 Å². The maximum atomic E-state index is 12.7. The molecule has 16 heavy (non-hydrogen) atoms. The molecule has 0 radical (unpaired) electrons. The summed E-state index contributed by atoms with van der Waals surface area (Å²) in [5.41, 5.74) is 0.156. The van der Waals surface area contributed by atoms with E-state index >= 15 is 0 Å². The molecule has 0 aliphatic heterocycles. The third-order valence-corrected chi connectivity index (χ3v) is 2.00. The summed E-state index contributed by atoms with van der Waals surface area (Å²) in [6, 6.07) is 6.25. The molecule has 0 bridgehead atoms. The van der Waals surface area contributed by atoms with Crippen LogP contribution < -0.4 is 0 Å². The molecule has 0 N–H and O–H groups in total. The Kier molecular flexibility index (Phi) is 3.99. The van der Waals surface area contributed by atoms with Crippen molar-refractivity contribution in [3.8, 4) is 0 Å². The van der Waals surface area contributed by atoms with Crippen molar-refractivity contribution in [1.29, 1.82) is 0 Å². The minimum absolute atomic E-state index is 0.126. The Balaban J connectivity index is 3.12. The summed E-state index contributed by atoms with van der Waals surface area (Å²) in [4.78, 5) is 0. The summed E-state index contributed by atoms with van der Waals surface area (Å²) >= 11 is 0. The Bertz CT molecular complexity index is 380. The lowest BCUT2D eigenvalue weighted by Crippen LogP contribution is -2.11. The molecule has 1 rings (SSSR count). The van der Waals surface area contributed by atoms with Crippen LogP contribution in [0.4, 0.5) is 13.2 Å². The molecular formula is C12H13F3O. The highest BCUT2D eigenvalue weighted by molar-refractivity contribution is 5.69. The quantitative estimate of drug-likeness (QED) is 0.715. The topological polar surface area (TPSA) is 9.23 Å². The van der Waals surface area contributed by atoms with E-state index in [4.69, 9.17) is 4.74 Å². The standard InChI is InChI=1S/C12H13F3O/c1-3-16-8-11(12(13,14)15)10-6-4-5-9(2)7-10/h4-8H,3H2,1-2H3. The van der Waals surface area contributed by atoms with Crippen LogP contribution in [-0.4, -0.2) is 12.8 Å². The van der Waals surface area contributed by atoms with Crippen molar-refractivity contribution in [2.24, 2.45) is 0 Å². The molecule has 0 amide bonds. The number of allylic oxidation sites excluding steroid dienone is 1. The van der Waals surface area contributed by atoms with Crippen molar-refractivity contribution in [2.45, 2.75) is 20.0 Å². The average molecular weight is 230 g/mol. The monoisotopic (exact) mass is 230 g/mol. The fourth-order valence-corrected chi connectivity index (χ4v) is 1.28. The molecule has 0 spiro atoms. The fraction of sp³-hybridized carbons (Fsp3) is 0.333. The first-order valence-electron chi connectivity index (χ1n) is 4.91. The van der Waals surface area contributed by atoms with Gasteiger partial charge in [0.05, 0.1) is 18.4 Å². The zero-order valence-electron chi connectivity index (χ0n) is 9.14. The van der Waals surface area contributed by atoms with Crippen LogP contribution in [0.2, 0.25) is 0 Å². The van der Waals surface area contributed by atoms with Gasteiger partial charge in [0.15, 0.2) is 0 Å². The molecule has 88 valence electrons. The maximum absolute atomic E-state index is 12.7. The minimum atomic E-state index is -4.40. The number of alkyl halides is 3. The molecule has 0 atom stereocenters. The minimum Gasteiger partial charge on any atom is -0.501 e. The van der Waals surface area contributed by atoms with Gasteiger partial charge in [-0.15, -0.1) is 0 Å². The molecule has 1 aromatic carbocycles. The zero-order chi connectivity index (χ0) is 12.2. The fourth-order valence-electron chi connectivity index (χ4n) is 1.28. The summed E-state index contributed by atoms with van der Waals surface area (Å²) in [6.07, 6.45) is -3.63. The molecule has 0 fully saturated rings. The summed E-state index contributed by atoms with van der Waals surface area (Å²) in [5.74, 6) is 0. The van der Waals surface area contributed by atoms with Crippen LogP contribution in [0.15, 0.2) is 30.5 Å². The van der Waals surface area contributed by atoms with Crippen LogP contribution in [-0.2, 0) is 4.74 Å². The molecule has 0 unspecified atom stereocenters. The van der Waals surface area contributed by atoms with Crippen LogP contribution in [0.1, 0.15) is 18.1 Å². The van der Waals surface area contributed by atoms with E-state index in [2.05, 4.69) is 0 Å². The molecule has 0 saturated heterocycles. The lowest BCUT2D eigenvalue weighted by Gasteiger charge is -2.12. The van der Waals surface area contributed by atoms with Crippen LogP contribution in [0.25, 0.3) is 5.57 Å². The van der Waals surface area contributed by atoms with Gasteiger partial charge in [-0.25, -0.2) is 0 Å². The molecule has 0 heterocycles.